The summed E-state index contributed by atoms with van der Waals surface area (Å²) < 4.78 is 0. The van der Waals surface area contributed by atoms with Crippen LogP contribution < -0.4 is 0 Å². The van der Waals surface area contributed by atoms with E-state index in [-0.39, 0.29) is 5.69 Å². The topological polar surface area (TPSA) is 66.0 Å². The zero-order chi connectivity index (χ0) is 12.9. The first-order valence-electron chi connectivity index (χ1n) is 5.70. The molecule has 0 aliphatic heterocycles. The quantitative estimate of drug-likeness (QED) is 0.687. The SMILES string of the molecule is Cc1nc(C(=O)O)cc2c1[nH]c1cccc(C)c12. The molecule has 0 unspecified atom stereocenters. The van der Waals surface area contributed by atoms with Crippen LogP contribution in [0.1, 0.15) is 21.7 Å². The van der Waals surface area contributed by atoms with Crippen molar-refractivity contribution in [2.24, 2.45) is 0 Å². The second-order valence-electron chi connectivity index (χ2n) is 4.44. The Labute approximate surface area is 103 Å². The van der Waals surface area contributed by atoms with Crippen molar-refractivity contribution in [1.82, 2.24) is 9.97 Å². The number of pyridine rings is 1. The molecule has 0 radical (unpaired) electrons. The van der Waals surface area contributed by atoms with Crippen molar-refractivity contribution in [3.05, 3.63) is 41.2 Å². The third-order valence-corrected chi connectivity index (χ3v) is 3.22. The van der Waals surface area contributed by atoms with E-state index in [4.69, 9.17) is 5.11 Å². The van der Waals surface area contributed by atoms with Gasteiger partial charge in [-0.1, -0.05) is 12.1 Å². The molecule has 0 aliphatic carbocycles. The first-order chi connectivity index (χ1) is 8.58. The van der Waals surface area contributed by atoms with Crippen molar-refractivity contribution in [2.75, 3.05) is 0 Å². The standard InChI is InChI=1S/C14H12N2O2/c1-7-4-3-5-10-12(7)9-6-11(14(17)18)15-8(2)13(9)16-10/h3-6,16H,1-2H3,(H,17,18). The third-order valence-electron chi connectivity index (χ3n) is 3.22. The van der Waals surface area contributed by atoms with Gasteiger partial charge in [-0.3, -0.25) is 0 Å². The molecule has 3 rings (SSSR count). The number of nitrogens with zero attached hydrogens (tertiary/aromatic N) is 1. The Morgan fingerprint density at radius 1 is 1.33 bits per heavy atom. The number of aromatic amines is 1. The van der Waals surface area contributed by atoms with E-state index in [1.807, 2.05) is 32.0 Å². The first-order valence-corrected chi connectivity index (χ1v) is 5.70. The van der Waals surface area contributed by atoms with E-state index in [1.54, 1.807) is 6.07 Å². The summed E-state index contributed by atoms with van der Waals surface area (Å²) in [4.78, 5) is 18.5. The number of carboxylic acid groups (broad SMARTS) is 1. The summed E-state index contributed by atoms with van der Waals surface area (Å²) in [6.07, 6.45) is 0. The molecule has 2 heterocycles. The van der Waals surface area contributed by atoms with E-state index in [1.165, 1.54) is 0 Å². The molecule has 4 nitrogen and oxygen atoms in total. The molecule has 3 aromatic rings. The van der Waals surface area contributed by atoms with Crippen molar-refractivity contribution in [2.45, 2.75) is 13.8 Å². The number of rotatable bonds is 1. The minimum Gasteiger partial charge on any atom is -0.477 e. The smallest absolute Gasteiger partial charge is 0.354 e. The number of benzene rings is 1. The Kier molecular flexibility index (Phi) is 2.13. The van der Waals surface area contributed by atoms with Gasteiger partial charge in [-0.2, -0.15) is 0 Å². The minimum absolute atomic E-state index is 0.0872. The normalized spacial score (nSPS) is 11.2. The molecule has 0 spiro atoms. The van der Waals surface area contributed by atoms with Gasteiger partial charge in [0.05, 0.1) is 11.2 Å². The number of aromatic nitrogens is 2. The Bertz CT molecular complexity index is 787. The molecule has 1 aromatic carbocycles. The summed E-state index contributed by atoms with van der Waals surface area (Å²) >= 11 is 0. The summed E-state index contributed by atoms with van der Waals surface area (Å²) in [5.41, 5.74) is 3.84. The van der Waals surface area contributed by atoms with Crippen molar-refractivity contribution >= 4 is 27.8 Å². The van der Waals surface area contributed by atoms with Gasteiger partial charge in [0.25, 0.3) is 0 Å². The van der Waals surface area contributed by atoms with Gasteiger partial charge in [0.1, 0.15) is 5.69 Å². The average molecular weight is 240 g/mol. The van der Waals surface area contributed by atoms with Gasteiger partial charge >= 0.3 is 5.97 Å². The summed E-state index contributed by atoms with van der Waals surface area (Å²) in [5.74, 6) is -0.997. The van der Waals surface area contributed by atoms with Crippen molar-refractivity contribution < 1.29 is 9.90 Å². The molecule has 2 N–H and O–H groups in total. The molecule has 0 aliphatic rings. The van der Waals surface area contributed by atoms with Crippen LogP contribution in [0.4, 0.5) is 0 Å². The lowest BCUT2D eigenvalue weighted by molar-refractivity contribution is 0.0690. The van der Waals surface area contributed by atoms with E-state index >= 15 is 0 Å². The van der Waals surface area contributed by atoms with Crippen LogP contribution in [-0.2, 0) is 0 Å². The van der Waals surface area contributed by atoms with Crippen molar-refractivity contribution in [1.29, 1.82) is 0 Å². The lowest BCUT2D eigenvalue weighted by Crippen LogP contribution is -2.01. The molecule has 0 atom stereocenters. The van der Waals surface area contributed by atoms with Crippen LogP contribution in [-0.4, -0.2) is 21.0 Å². The van der Waals surface area contributed by atoms with E-state index in [0.717, 1.165) is 27.4 Å². The number of carbonyl (C=O) groups is 1. The van der Waals surface area contributed by atoms with E-state index in [2.05, 4.69) is 9.97 Å². The molecular weight excluding hydrogens is 228 g/mol. The second kappa shape index (κ2) is 3.57. The summed E-state index contributed by atoms with van der Waals surface area (Å²) in [7, 11) is 0. The number of nitrogens with one attached hydrogen (secondary N) is 1. The Morgan fingerprint density at radius 3 is 2.83 bits per heavy atom. The van der Waals surface area contributed by atoms with Crippen LogP contribution in [0, 0.1) is 13.8 Å². The molecule has 90 valence electrons. The highest BCUT2D eigenvalue weighted by molar-refractivity contribution is 6.10. The van der Waals surface area contributed by atoms with Crippen LogP contribution >= 0.6 is 0 Å². The Morgan fingerprint density at radius 2 is 2.11 bits per heavy atom. The van der Waals surface area contributed by atoms with Gasteiger partial charge in [-0.25, -0.2) is 9.78 Å². The first kappa shape index (κ1) is 10.8. The van der Waals surface area contributed by atoms with Crippen LogP contribution in [0.3, 0.4) is 0 Å². The highest BCUT2D eigenvalue weighted by atomic mass is 16.4. The van der Waals surface area contributed by atoms with Crippen molar-refractivity contribution in [3.8, 4) is 0 Å². The maximum Gasteiger partial charge on any atom is 0.354 e. The fraction of sp³-hybridized carbons (Fsp3) is 0.143. The maximum absolute atomic E-state index is 11.1. The van der Waals surface area contributed by atoms with Crippen LogP contribution in [0.25, 0.3) is 21.8 Å². The summed E-state index contributed by atoms with van der Waals surface area (Å²) in [5, 5.41) is 11.1. The summed E-state index contributed by atoms with van der Waals surface area (Å²) in [6, 6.07) is 7.62. The molecule has 0 saturated heterocycles. The highest BCUT2D eigenvalue weighted by Gasteiger charge is 2.13. The monoisotopic (exact) mass is 240 g/mol. The fourth-order valence-electron chi connectivity index (χ4n) is 2.40. The van der Waals surface area contributed by atoms with Gasteiger partial charge in [0.2, 0.25) is 0 Å². The number of aryl methyl sites for hydroxylation is 2. The number of fused-ring (bicyclic) bond motifs is 3. The predicted octanol–water partition coefficient (Wildman–Crippen LogP) is 3.03. The van der Waals surface area contributed by atoms with Gasteiger partial charge in [0.15, 0.2) is 0 Å². The zero-order valence-electron chi connectivity index (χ0n) is 10.1. The fourth-order valence-corrected chi connectivity index (χ4v) is 2.40. The number of hydrogen-bond acceptors (Lipinski definition) is 2. The van der Waals surface area contributed by atoms with Gasteiger partial charge in [0, 0.05) is 16.3 Å². The number of H-pyrrole nitrogens is 1. The maximum atomic E-state index is 11.1. The zero-order valence-corrected chi connectivity index (χ0v) is 10.1. The molecule has 0 bridgehead atoms. The molecule has 0 amide bonds. The molecule has 18 heavy (non-hydrogen) atoms. The molecule has 4 heteroatoms. The number of hydrogen-bond donors (Lipinski definition) is 2. The van der Waals surface area contributed by atoms with E-state index in [0.29, 0.717) is 5.69 Å². The third kappa shape index (κ3) is 1.39. The molecular formula is C14H12N2O2. The molecule has 0 fully saturated rings. The molecule has 0 saturated carbocycles. The molecule has 2 aromatic heterocycles. The highest BCUT2D eigenvalue weighted by Crippen LogP contribution is 2.29. The van der Waals surface area contributed by atoms with Gasteiger partial charge in [-0.15, -0.1) is 0 Å². The minimum atomic E-state index is -0.997. The lowest BCUT2D eigenvalue weighted by atomic mass is 10.1. The second-order valence-corrected chi connectivity index (χ2v) is 4.44. The predicted molar refractivity (Wildman–Crippen MR) is 70.0 cm³/mol. The largest absolute Gasteiger partial charge is 0.477 e. The number of carboxylic acids is 1. The van der Waals surface area contributed by atoms with E-state index < -0.39 is 5.97 Å². The average Bonchev–Trinajstić information content (AvgIpc) is 2.69. The van der Waals surface area contributed by atoms with Crippen molar-refractivity contribution in [3.63, 3.8) is 0 Å². The Hall–Kier alpha value is -2.36. The Balaban J connectivity index is 2.54. The van der Waals surface area contributed by atoms with Crippen LogP contribution in [0.2, 0.25) is 0 Å². The van der Waals surface area contributed by atoms with Gasteiger partial charge in [-0.05, 0) is 31.5 Å². The number of aromatic carboxylic acids is 1. The lowest BCUT2D eigenvalue weighted by Gasteiger charge is -2.00. The van der Waals surface area contributed by atoms with Crippen LogP contribution in [0.15, 0.2) is 24.3 Å². The summed E-state index contributed by atoms with van der Waals surface area (Å²) in [6.45, 7) is 3.84. The van der Waals surface area contributed by atoms with E-state index in [9.17, 15) is 4.79 Å². The van der Waals surface area contributed by atoms with Gasteiger partial charge < -0.3 is 10.1 Å². The van der Waals surface area contributed by atoms with Crippen LogP contribution in [0.5, 0.6) is 0 Å².